The van der Waals surface area contributed by atoms with Crippen LogP contribution < -0.4 is 4.90 Å². The number of rotatable bonds is 3. The predicted molar refractivity (Wildman–Crippen MR) is 76.9 cm³/mol. The van der Waals surface area contributed by atoms with Gasteiger partial charge in [0.05, 0.1) is 17.9 Å². The van der Waals surface area contributed by atoms with Gasteiger partial charge in [-0.25, -0.2) is 8.42 Å². The van der Waals surface area contributed by atoms with Gasteiger partial charge in [-0.1, -0.05) is 5.16 Å². The van der Waals surface area contributed by atoms with Crippen molar-refractivity contribution in [2.75, 3.05) is 31.1 Å². The van der Waals surface area contributed by atoms with Crippen LogP contribution in [0.4, 0.5) is 5.82 Å². The van der Waals surface area contributed by atoms with E-state index in [1.807, 2.05) is 4.90 Å². The third-order valence-corrected chi connectivity index (χ3v) is 6.09. The van der Waals surface area contributed by atoms with Crippen molar-refractivity contribution in [3.8, 4) is 0 Å². The summed E-state index contributed by atoms with van der Waals surface area (Å²) in [5, 5.41) is 3.72. The van der Waals surface area contributed by atoms with Crippen molar-refractivity contribution >= 4 is 27.6 Å². The van der Waals surface area contributed by atoms with E-state index in [-0.39, 0.29) is 4.90 Å². The summed E-state index contributed by atoms with van der Waals surface area (Å²) in [4.78, 5) is 2.22. The fourth-order valence-corrected chi connectivity index (χ4v) is 4.58. The minimum atomic E-state index is -3.56. The number of hydrogen-bond donors (Lipinski definition) is 0. The standard InChI is InChI=1S/C11H15N5O3S2/c1-8-11(9(2)19-13-8)21(17,18)16-5-3-15(4-6-16)10-7-12-20-14-10/h7H,3-6H2,1-2H3. The molecule has 3 heterocycles. The number of piperazine rings is 1. The van der Waals surface area contributed by atoms with Gasteiger partial charge in [0.2, 0.25) is 10.0 Å². The van der Waals surface area contributed by atoms with Crippen LogP contribution >= 0.6 is 11.7 Å². The second-order valence-corrected chi connectivity index (χ2v) is 7.24. The molecule has 2 aromatic heterocycles. The minimum absolute atomic E-state index is 0.186. The van der Waals surface area contributed by atoms with E-state index < -0.39 is 10.0 Å². The van der Waals surface area contributed by atoms with Crippen molar-refractivity contribution in [3.63, 3.8) is 0 Å². The smallest absolute Gasteiger partial charge is 0.248 e. The number of hydrogen-bond acceptors (Lipinski definition) is 8. The van der Waals surface area contributed by atoms with Crippen molar-refractivity contribution in [2.45, 2.75) is 18.7 Å². The van der Waals surface area contributed by atoms with Crippen LogP contribution in [0.3, 0.4) is 0 Å². The molecular formula is C11H15N5O3S2. The van der Waals surface area contributed by atoms with Gasteiger partial charge in [0.25, 0.3) is 0 Å². The summed E-state index contributed by atoms with van der Waals surface area (Å²) in [6.45, 7) is 5.25. The largest absolute Gasteiger partial charge is 0.360 e. The van der Waals surface area contributed by atoms with E-state index in [4.69, 9.17) is 4.52 Å². The van der Waals surface area contributed by atoms with Crippen LogP contribution in [0.2, 0.25) is 0 Å². The lowest BCUT2D eigenvalue weighted by molar-refractivity contribution is 0.378. The summed E-state index contributed by atoms with van der Waals surface area (Å²) in [5.74, 6) is 1.13. The average molecular weight is 329 g/mol. The van der Waals surface area contributed by atoms with Crippen LogP contribution in [-0.2, 0) is 10.0 Å². The van der Waals surface area contributed by atoms with Crippen LogP contribution in [-0.4, -0.2) is 52.8 Å². The number of anilines is 1. The Labute approximate surface area is 126 Å². The molecule has 0 unspecified atom stereocenters. The van der Waals surface area contributed by atoms with E-state index >= 15 is 0 Å². The maximum Gasteiger partial charge on any atom is 0.248 e. The molecule has 1 aliphatic heterocycles. The van der Waals surface area contributed by atoms with Gasteiger partial charge < -0.3 is 9.42 Å². The van der Waals surface area contributed by atoms with Crippen LogP contribution in [0.25, 0.3) is 0 Å². The van der Waals surface area contributed by atoms with E-state index in [9.17, 15) is 8.42 Å². The first-order valence-corrected chi connectivity index (χ1v) is 8.62. The summed E-state index contributed by atoms with van der Waals surface area (Å²) in [6, 6.07) is 0. The normalized spacial score (nSPS) is 17.3. The molecule has 1 fully saturated rings. The van der Waals surface area contributed by atoms with Crippen LogP contribution in [0.1, 0.15) is 11.5 Å². The Hall–Kier alpha value is -1.52. The van der Waals surface area contributed by atoms with Gasteiger partial charge in [-0.3, -0.25) is 0 Å². The summed E-state index contributed by atoms with van der Waals surface area (Å²) in [7, 11) is -3.56. The molecule has 0 radical (unpaired) electrons. The summed E-state index contributed by atoms with van der Waals surface area (Å²) in [6.07, 6.45) is 1.70. The van der Waals surface area contributed by atoms with Gasteiger partial charge >= 0.3 is 0 Å². The van der Waals surface area contributed by atoms with Crippen molar-refractivity contribution in [2.24, 2.45) is 0 Å². The molecule has 2 aromatic rings. The van der Waals surface area contributed by atoms with Crippen LogP contribution in [0.15, 0.2) is 15.6 Å². The lowest BCUT2D eigenvalue weighted by atomic mass is 10.4. The lowest BCUT2D eigenvalue weighted by Crippen LogP contribution is -2.48. The minimum Gasteiger partial charge on any atom is -0.360 e. The Morgan fingerprint density at radius 2 is 1.95 bits per heavy atom. The zero-order valence-electron chi connectivity index (χ0n) is 11.7. The Morgan fingerprint density at radius 3 is 2.48 bits per heavy atom. The number of aromatic nitrogens is 3. The van der Waals surface area contributed by atoms with Gasteiger partial charge in [-0.15, -0.1) is 0 Å². The molecule has 0 spiro atoms. The van der Waals surface area contributed by atoms with E-state index in [2.05, 4.69) is 13.9 Å². The van der Waals surface area contributed by atoms with E-state index in [1.54, 1.807) is 20.0 Å². The molecule has 114 valence electrons. The van der Waals surface area contributed by atoms with Crippen molar-refractivity contribution in [3.05, 3.63) is 17.7 Å². The zero-order chi connectivity index (χ0) is 15.0. The molecule has 3 rings (SSSR count). The Bertz CT molecular complexity index is 698. The molecule has 0 bridgehead atoms. The van der Waals surface area contributed by atoms with E-state index in [0.717, 1.165) is 17.5 Å². The highest BCUT2D eigenvalue weighted by atomic mass is 32.2. The predicted octanol–water partition coefficient (Wildman–Crippen LogP) is 0.654. The third kappa shape index (κ3) is 2.54. The summed E-state index contributed by atoms with van der Waals surface area (Å²) < 4.78 is 39.9. The summed E-state index contributed by atoms with van der Waals surface area (Å²) >= 11 is 1.15. The summed E-state index contributed by atoms with van der Waals surface area (Å²) in [5.41, 5.74) is 0.402. The van der Waals surface area contributed by atoms with Crippen molar-refractivity contribution in [1.82, 2.24) is 18.2 Å². The van der Waals surface area contributed by atoms with Gasteiger partial charge in [0, 0.05) is 26.2 Å². The first-order valence-electron chi connectivity index (χ1n) is 6.45. The lowest BCUT2D eigenvalue weighted by Gasteiger charge is -2.33. The Kier molecular flexibility index (Phi) is 3.68. The quantitative estimate of drug-likeness (QED) is 0.816. The van der Waals surface area contributed by atoms with E-state index in [1.165, 1.54) is 4.31 Å². The van der Waals surface area contributed by atoms with Gasteiger partial charge in [-0.2, -0.15) is 13.1 Å². The van der Waals surface area contributed by atoms with Gasteiger partial charge in [0.1, 0.15) is 10.6 Å². The highest BCUT2D eigenvalue weighted by Gasteiger charge is 2.33. The van der Waals surface area contributed by atoms with Crippen molar-refractivity contribution in [1.29, 1.82) is 0 Å². The third-order valence-electron chi connectivity index (χ3n) is 3.48. The number of nitrogens with zero attached hydrogens (tertiary/aromatic N) is 5. The number of sulfonamides is 1. The molecular weight excluding hydrogens is 314 g/mol. The van der Waals surface area contributed by atoms with Crippen LogP contribution in [0.5, 0.6) is 0 Å². The fourth-order valence-electron chi connectivity index (χ4n) is 2.43. The van der Waals surface area contributed by atoms with Gasteiger partial charge in [-0.05, 0) is 13.8 Å². The Balaban J connectivity index is 1.77. The SMILES string of the molecule is Cc1noc(C)c1S(=O)(=O)N1CCN(c2cnsn2)CC1. The molecule has 0 aromatic carbocycles. The maximum atomic E-state index is 12.7. The maximum absolute atomic E-state index is 12.7. The number of aryl methyl sites for hydroxylation is 2. The second kappa shape index (κ2) is 5.35. The molecule has 0 amide bonds. The van der Waals surface area contributed by atoms with Crippen LogP contribution in [0, 0.1) is 13.8 Å². The molecule has 21 heavy (non-hydrogen) atoms. The monoisotopic (exact) mass is 329 g/mol. The first-order chi connectivity index (χ1) is 10.00. The topological polar surface area (TPSA) is 92.4 Å². The molecule has 1 aliphatic rings. The molecule has 0 saturated carbocycles. The second-order valence-electron chi connectivity index (χ2n) is 4.81. The highest BCUT2D eigenvalue weighted by molar-refractivity contribution is 7.89. The van der Waals surface area contributed by atoms with Crippen molar-refractivity contribution < 1.29 is 12.9 Å². The van der Waals surface area contributed by atoms with Gasteiger partial charge in [0.15, 0.2) is 11.6 Å². The average Bonchev–Trinajstić information content (AvgIpc) is 3.09. The first kappa shape index (κ1) is 14.4. The molecule has 0 aliphatic carbocycles. The Morgan fingerprint density at radius 1 is 1.24 bits per heavy atom. The molecule has 0 atom stereocenters. The fraction of sp³-hybridized carbons (Fsp3) is 0.545. The molecule has 1 saturated heterocycles. The van der Waals surface area contributed by atoms with E-state index in [0.29, 0.717) is 37.6 Å². The molecule has 0 N–H and O–H groups in total. The molecule has 8 nitrogen and oxygen atoms in total. The highest BCUT2D eigenvalue weighted by Crippen LogP contribution is 2.25. The molecule has 10 heteroatoms. The zero-order valence-corrected chi connectivity index (χ0v) is 13.3.